The summed E-state index contributed by atoms with van der Waals surface area (Å²) in [5, 5.41) is 0. The smallest absolute Gasteiger partial charge is 0.414 e. The second kappa shape index (κ2) is 9.91. The zero-order valence-corrected chi connectivity index (χ0v) is 18.3. The summed E-state index contributed by atoms with van der Waals surface area (Å²) in [4.78, 5) is 29.2. The number of hydrogen-bond acceptors (Lipinski definition) is 6. The Labute approximate surface area is 187 Å². The molecular formula is C24H29N3O5. The van der Waals surface area contributed by atoms with Gasteiger partial charge in [-0.15, -0.1) is 0 Å². The lowest BCUT2D eigenvalue weighted by molar-refractivity contribution is 0.0705. The number of cyclic esters (lactones) is 1. The van der Waals surface area contributed by atoms with E-state index in [2.05, 4.69) is 0 Å². The van der Waals surface area contributed by atoms with Gasteiger partial charge in [0.2, 0.25) is 0 Å². The number of rotatable bonds is 7. The van der Waals surface area contributed by atoms with E-state index in [1.165, 1.54) is 0 Å². The highest BCUT2D eigenvalue weighted by Gasteiger charge is 2.35. The van der Waals surface area contributed by atoms with Gasteiger partial charge in [0.25, 0.3) is 5.91 Å². The van der Waals surface area contributed by atoms with E-state index in [4.69, 9.17) is 19.9 Å². The number of piperidine rings is 1. The lowest BCUT2D eigenvalue weighted by atomic mass is 10.00. The molecule has 2 heterocycles. The number of likely N-dealkylation sites (tertiary alicyclic amines) is 1. The van der Waals surface area contributed by atoms with Crippen molar-refractivity contribution in [2.24, 2.45) is 5.73 Å². The fraction of sp³-hybridized carbons (Fsp3) is 0.417. The maximum Gasteiger partial charge on any atom is 0.414 e. The van der Waals surface area contributed by atoms with E-state index in [1.54, 1.807) is 30.2 Å². The minimum absolute atomic E-state index is 0.00628. The molecule has 0 aromatic heterocycles. The van der Waals surface area contributed by atoms with Crippen LogP contribution in [0.15, 0.2) is 42.5 Å². The summed E-state index contributed by atoms with van der Waals surface area (Å²) < 4.78 is 16.5. The zero-order chi connectivity index (χ0) is 22.5. The molecule has 0 unspecified atom stereocenters. The first kappa shape index (κ1) is 22.0. The average molecular weight is 440 g/mol. The van der Waals surface area contributed by atoms with Gasteiger partial charge in [0, 0.05) is 30.8 Å². The van der Waals surface area contributed by atoms with Crippen molar-refractivity contribution in [2.75, 3.05) is 38.3 Å². The molecule has 2 N–H and O–H groups in total. The predicted octanol–water partition coefficient (Wildman–Crippen LogP) is 3.18. The van der Waals surface area contributed by atoms with E-state index in [0.29, 0.717) is 62.8 Å². The van der Waals surface area contributed by atoms with Gasteiger partial charge < -0.3 is 24.8 Å². The number of fused-ring (bicyclic) bond motifs is 1. The topological polar surface area (TPSA) is 94.3 Å². The van der Waals surface area contributed by atoms with Crippen LogP contribution >= 0.6 is 0 Å². The number of para-hydroxylation sites is 1. The third kappa shape index (κ3) is 4.50. The van der Waals surface area contributed by atoms with E-state index >= 15 is 0 Å². The predicted molar refractivity (Wildman–Crippen MR) is 120 cm³/mol. The van der Waals surface area contributed by atoms with Gasteiger partial charge in [-0.1, -0.05) is 18.2 Å². The molecule has 2 amide bonds. The first-order valence-corrected chi connectivity index (χ1v) is 11.0. The van der Waals surface area contributed by atoms with E-state index in [-0.39, 0.29) is 18.0 Å². The lowest BCUT2D eigenvalue weighted by Gasteiger charge is -2.40. The number of hydrogen-bond donors (Lipinski definition) is 1. The van der Waals surface area contributed by atoms with E-state index in [0.717, 1.165) is 17.7 Å². The second-order valence-electron chi connectivity index (χ2n) is 7.93. The van der Waals surface area contributed by atoms with Gasteiger partial charge >= 0.3 is 6.09 Å². The van der Waals surface area contributed by atoms with Crippen LogP contribution in [0.25, 0.3) is 0 Å². The van der Waals surface area contributed by atoms with Crippen LogP contribution in [0.2, 0.25) is 0 Å². The van der Waals surface area contributed by atoms with Gasteiger partial charge in [0.05, 0.1) is 25.0 Å². The van der Waals surface area contributed by atoms with Crippen LogP contribution in [0.5, 0.6) is 11.5 Å². The van der Waals surface area contributed by atoms with Gasteiger partial charge in [-0.25, -0.2) is 4.79 Å². The van der Waals surface area contributed by atoms with Crippen molar-refractivity contribution in [1.29, 1.82) is 0 Å². The first-order chi connectivity index (χ1) is 15.6. The maximum atomic E-state index is 13.2. The highest BCUT2D eigenvalue weighted by atomic mass is 16.6. The number of carbonyl (C=O) groups is 2. The second-order valence-corrected chi connectivity index (χ2v) is 7.93. The van der Waals surface area contributed by atoms with Crippen molar-refractivity contribution < 1.29 is 23.8 Å². The van der Waals surface area contributed by atoms with E-state index in [1.807, 2.05) is 29.2 Å². The number of anilines is 1. The Morgan fingerprint density at radius 2 is 1.97 bits per heavy atom. The summed E-state index contributed by atoms with van der Waals surface area (Å²) in [6.07, 6.45) is 1.79. The van der Waals surface area contributed by atoms with Gasteiger partial charge in [0.1, 0.15) is 18.1 Å². The molecule has 1 fully saturated rings. The number of methoxy groups -OCH3 is 1. The van der Waals surface area contributed by atoms with Crippen LogP contribution in [0.1, 0.15) is 35.2 Å². The van der Waals surface area contributed by atoms with Crippen LogP contribution in [0.4, 0.5) is 10.5 Å². The van der Waals surface area contributed by atoms with Gasteiger partial charge in [-0.05, 0) is 44.0 Å². The molecule has 0 spiro atoms. The minimum Gasteiger partial charge on any atom is -0.496 e. The Morgan fingerprint density at radius 3 is 2.72 bits per heavy atom. The number of amides is 2. The molecule has 0 radical (unpaired) electrons. The summed E-state index contributed by atoms with van der Waals surface area (Å²) in [6, 6.07) is 13.0. The quantitative estimate of drug-likeness (QED) is 0.666. The minimum atomic E-state index is -0.319. The normalized spacial score (nSPS) is 16.4. The molecule has 0 bridgehead atoms. The highest BCUT2D eigenvalue weighted by Crippen LogP contribution is 2.33. The maximum absolute atomic E-state index is 13.2. The molecule has 2 aliphatic heterocycles. The SMILES string of the molecule is COc1cc(OCCCN)ccc1C(=O)N1CCC(N2C(=O)OCc3ccccc32)CC1. The van der Waals surface area contributed by atoms with Crippen molar-refractivity contribution in [3.05, 3.63) is 53.6 Å². The van der Waals surface area contributed by atoms with Gasteiger partial charge in [0.15, 0.2) is 0 Å². The van der Waals surface area contributed by atoms with Gasteiger partial charge in [-0.2, -0.15) is 0 Å². The molecule has 32 heavy (non-hydrogen) atoms. The molecular weight excluding hydrogens is 410 g/mol. The monoisotopic (exact) mass is 439 g/mol. The number of nitrogens with two attached hydrogens (primary N) is 1. The van der Waals surface area contributed by atoms with Crippen molar-refractivity contribution in [2.45, 2.75) is 31.9 Å². The Bertz CT molecular complexity index is 972. The van der Waals surface area contributed by atoms with Gasteiger partial charge in [-0.3, -0.25) is 9.69 Å². The fourth-order valence-corrected chi connectivity index (χ4v) is 4.23. The largest absolute Gasteiger partial charge is 0.496 e. The van der Waals surface area contributed by atoms with E-state index in [9.17, 15) is 9.59 Å². The molecule has 8 heteroatoms. The molecule has 0 saturated carbocycles. The average Bonchev–Trinajstić information content (AvgIpc) is 2.84. The van der Waals surface area contributed by atoms with Crippen molar-refractivity contribution in [1.82, 2.24) is 4.90 Å². The Hall–Kier alpha value is -3.26. The van der Waals surface area contributed by atoms with Crippen LogP contribution < -0.4 is 20.1 Å². The fourth-order valence-electron chi connectivity index (χ4n) is 4.23. The summed E-state index contributed by atoms with van der Waals surface area (Å²) in [7, 11) is 1.54. The number of benzene rings is 2. The molecule has 0 aliphatic carbocycles. The molecule has 0 atom stereocenters. The molecule has 2 aromatic rings. The van der Waals surface area contributed by atoms with Crippen LogP contribution in [-0.4, -0.2) is 56.3 Å². The van der Waals surface area contributed by atoms with Crippen molar-refractivity contribution in [3.8, 4) is 11.5 Å². The lowest BCUT2D eigenvalue weighted by Crippen LogP contribution is -2.50. The summed E-state index contributed by atoms with van der Waals surface area (Å²) in [5.74, 6) is 1.04. The number of nitrogens with zero attached hydrogens (tertiary/aromatic N) is 2. The van der Waals surface area contributed by atoms with Crippen molar-refractivity contribution in [3.63, 3.8) is 0 Å². The molecule has 8 nitrogen and oxygen atoms in total. The molecule has 170 valence electrons. The zero-order valence-electron chi connectivity index (χ0n) is 18.3. The van der Waals surface area contributed by atoms with Crippen molar-refractivity contribution >= 4 is 17.7 Å². The number of carbonyl (C=O) groups excluding carboxylic acids is 2. The van der Waals surface area contributed by atoms with E-state index < -0.39 is 0 Å². The van der Waals surface area contributed by atoms with Crippen LogP contribution in [-0.2, 0) is 11.3 Å². The molecule has 2 aliphatic rings. The standard InChI is InChI=1S/C24H29N3O5/c1-30-22-15-19(31-14-4-11-25)7-8-20(22)23(28)26-12-9-18(10-13-26)27-21-6-3-2-5-17(21)16-32-24(27)29/h2-3,5-8,15,18H,4,9-14,16,25H2,1H3. The molecule has 1 saturated heterocycles. The first-order valence-electron chi connectivity index (χ1n) is 11.0. The third-order valence-electron chi connectivity index (χ3n) is 5.94. The third-order valence-corrected chi connectivity index (χ3v) is 5.94. The highest BCUT2D eigenvalue weighted by molar-refractivity contribution is 5.97. The molecule has 2 aromatic carbocycles. The molecule has 4 rings (SSSR count). The summed E-state index contributed by atoms with van der Waals surface area (Å²) in [5.41, 5.74) is 7.91. The summed E-state index contributed by atoms with van der Waals surface area (Å²) in [6.45, 7) is 2.47. The van der Waals surface area contributed by atoms with Crippen LogP contribution in [0.3, 0.4) is 0 Å². The Balaban J connectivity index is 1.42. The Kier molecular flexibility index (Phi) is 6.80. The number of ether oxygens (including phenoxy) is 3. The Morgan fingerprint density at radius 1 is 1.19 bits per heavy atom. The summed E-state index contributed by atoms with van der Waals surface area (Å²) >= 11 is 0. The van der Waals surface area contributed by atoms with Crippen LogP contribution in [0, 0.1) is 0 Å².